The van der Waals surface area contributed by atoms with Gasteiger partial charge in [-0.1, -0.05) is 23.8 Å². The van der Waals surface area contributed by atoms with Crippen molar-refractivity contribution in [2.24, 2.45) is 0 Å². The second-order valence-electron chi connectivity index (χ2n) is 4.72. The van der Waals surface area contributed by atoms with Crippen LogP contribution in [0.2, 0.25) is 0 Å². The molecule has 0 aliphatic carbocycles. The molecule has 0 fully saturated rings. The van der Waals surface area contributed by atoms with Gasteiger partial charge in [-0.15, -0.1) is 0 Å². The molecule has 0 amide bonds. The standard InChI is InChI=1S/C15H15N3O2S/c1-10-3-6-12(7-4-10)16-15(21)17-13-8-5-11(2)9-14(13)18(19)20/h3-9H,1-2H3,(H2,16,17,21). The molecule has 2 N–H and O–H groups in total. The van der Waals surface area contributed by atoms with E-state index in [2.05, 4.69) is 10.6 Å². The van der Waals surface area contributed by atoms with Crippen molar-refractivity contribution in [2.75, 3.05) is 10.6 Å². The Hall–Kier alpha value is -2.47. The second-order valence-corrected chi connectivity index (χ2v) is 5.13. The Morgan fingerprint density at radius 3 is 2.29 bits per heavy atom. The van der Waals surface area contributed by atoms with Crippen LogP contribution in [-0.2, 0) is 0 Å². The maximum atomic E-state index is 11.1. The zero-order valence-corrected chi connectivity index (χ0v) is 12.5. The third-order valence-electron chi connectivity index (χ3n) is 2.91. The molecule has 0 heterocycles. The first-order chi connectivity index (χ1) is 9.95. The molecular weight excluding hydrogens is 286 g/mol. The zero-order valence-electron chi connectivity index (χ0n) is 11.7. The van der Waals surface area contributed by atoms with Crippen LogP contribution in [0.1, 0.15) is 11.1 Å². The monoisotopic (exact) mass is 301 g/mol. The number of aryl methyl sites for hydroxylation is 2. The van der Waals surface area contributed by atoms with E-state index in [4.69, 9.17) is 12.2 Å². The van der Waals surface area contributed by atoms with Gasteiger partial charge in [-0.05, 0) is 49.8 Å². The number of nitrogens with zero attached hydrogens (tertiary/aromatic N) is 1. The first-order valence-electron chi connectivity index (χ1n) is 6.35. The minimum absolute atomic E-state index is 0.00283. The Kier molecular flexibility index (Phi) is 4.49. The van der Waals surface area contributed by atoms with Crippen LogP contribution >= 0.6 is 12.2 Å². The van der Waals surface area contributed by atoms with E-state index in [9.17, 15) is 10.1 Å². The fourth-order valence-corrected chi connectivity index (χ4v) is 2.05. The molecule has 0 aliphatic heterocycles. The number of thiocarbonyl (C=S) groups is 1. The molecule has 0 saturated heterocycles. The van der Waals surface area contributed by atoms with Gasteiger partial charge in [0.1, 0.15) is 5.69 Å². The number of rotatable bonds is 3. The summed E-state index contributed by atoms with van der Waals surface area (Å²) >= 11 is 5.19. The summed E-state index contributed by atoms with van der Waals surface area (Å²) in [5.74, 6) is 0. The van der Waals surface area contributed by atoms with Gasteiger partial charge in [-0.25, -0.2) is 0 Å². The minimum Gasteiger partial charge on any atom is -0.332 e. The number of hydrogen-bond acceptors (Lipinski definition) is 3. The first-order valence-corrected chi connectivity index (χ1v) is 6.76. The van der Waals surface area contributed by atoms with Crippen molar-refractivity contribution in [3.05, 3.63) is 63.7 Å². The molecule has 21 heavy (non-hydrogen) atoms. The Balaban J connectivity index is 2.12. The van der Waals surface area contributed by atoms with Gasteiger partial charge in [-0.3, -0.25) is 10.1 Å². The lowest BCUT2D eigenvalue weighted by atomic mass is 10.2. The Morgan fingerprint density at radius 2 is 1.67 bits per heavy atom. The van der Waals surface area contributed by atoms with E-state index in [-0.39, 0.29) is 5.69 Å². The quantitative estimate of drug-likeness (QED) is 0.509. The van der Waals surface area contributed by atoms with E-state index >= 15 is 0 Å². The number of hydrogen-bond donors (Lipinski definition) is 2. The van der Waals surface area contributed by atoms with Crippen molar-refractivity contribution in [3.63, 3.8) is 0 Å². The Labute approximate surface area is 128 Å². The summed E-state index contributed by atoms with van der Waals surface area (Å²) < 4.78 is 0. The molecule has 5 nitrogen and oxygen atoms in total. The second kappa shape index (κ2) is 6.32. The van der Waals surface area contributed by atoms with Crippen LogP contribution in [-0.4, -0.2) is 10.0 Å². The number of nitrogens with one attached hydrogen (secondary N) is 2. The molecule has 0 saturated carbocycles. The van der Waals surface area contributed by atoms with Crippen molar-refractivity contribution in [2.45, 2.75) is 13.8 Å². The average Bonchev–Trinajstić information content (AvgIpc) is 2.43. The summed E-state index contributed by atoms with van der Waals surface area (Å²) in [6.45, 7) is 3.80. The molecule has 0 radical (unpaired) electrons. The maximum absolute atomic E-state index is 11.1. The molecule has 6 heteroatoms. The van der Waals surface area contributed by atoms with Crippen molar-refractivity contribution >= 4 is 34.4 Å². The molecule has 0 bridgehead atoms. The highest BCUT2D eigenvalue weighted by atomic mass is 32.1. The summed E-state index contributed by atoms with van der Waals surface area (Å²) in [5, 5.41) is 17.2. The van der Waals surface area contributed by atoms with E-state index in [0.29, 0.717) is 10.8 Å². The normalized spacial score (nSPS) is 10.0. The van der Waals surface area contributed by atoms with Gasteiger partial charge >= 0.3 is 0 Å². The van der Waals surface area contributed by atoms with E-state index in [0.717, 1.165) is 16.8 Å². The van der Waals surface area contributed by atoms with Crippen LogP contribution < -0.4 is 10.6 Å². The molecule has 0 spiro atoms. The van der Waals surface area contributed by atoms with Crippen LogP contribution in [0.3, 0.4) is 0 Å². The maximum Gasteiger partial charge on any atom is 0.292 e. The van der Waals surface area contributed by atoms with Crippen molar-refractivity contribution in [1.82, 2.24) is 0 Å². The van der Waals surface area contributed by atoms with Crippen LogP contribution in [0, 0.1) is 24.0 Å². The summed E-state index contributed by atoms with van der Waals surface area (Å²) in [6, 6.07) is 12.7. The highest BCUT2D eigenvalue weighted by molar-refractivity contribution is 7.80. The van der Waals surface area contributed by atoms with Crippen molar-refractivity contribution in [3.8, 4) is 0 Å². The lowest BCUT2D eigenvalue weighted by Crippen LogP contribution is -2.19. The van der Waals surface area contributed by atoms with E-state index in [1.165, 1.54) is 6.07 Å². The number of nitro benzene ring substituents is 1. The van der Waals surface area contributed by atoms with Crippen molar-refractivity contribution < 1.29 is 4.92 Å². The number of benzene rings is 2. The van der Waals surface area contributed by atoms with E-state index in [1.807, 2.05) is 31.2 Å². The van der Waals surface area contributed by atoms with Gasteiger partial charge in [0.05, 0.1) is 4.92 Å². The van der Waals surface area contributed by atoms with E-state index in [1.54, 1.807) is 19.1 Å². The van der Waals surface area contributed by atoms with Gasteiger partial charge in [0, 0.05) is 11.8 Å². The highest BCUT2D eigenvalue weighted by Crippen LogP contribution is 2.25. The predicted molar refractivity (Wildman–Crippen MR) is 88.9 cm³/mol. The number of anilines is 2. The van der Waals surface area contributed by atoms with Crippen LogP contribution in [0.15, 0.2) is 42.5 Å². The van der Waals surface area contributed by atoms with Gasteiger partial charge in [0.2, 0.25) is 0 Å². The summed E-state index contributed by atoms with van der Waals surface area (Å²) in [4.78, 5) is 10.6. The van der Waals surface area contributed by atoms with Gasteiger partial charge in [0.15, 0.2) is 5.11 Å². The first kappa shape index (κ1) is 14.9. The molecule has 2 rings (SSSR count). The molecule has 0 aromatic heterocycles. The van der Waals surface area contributed by atoms with Crippen LogP contribution in [0.25, 0.3) is 0 Å². The van der Waals surface area contributed by atoms with Crippen LogP contribution in [0.4, 0.5) is 17.1 Å². The van der Waals surface area contributed by atoms with Gasteiger partial charge in [0.25, 0.3) is 5.69 Å². The number of nitro groups is 1. The third-order valence-corrected chi connectivity index (χ3v) is 3.11. The van der Waals surface area contributed by atoms with Crippen molar-refractivity contribution in [1.29, 1.82) is 0 Å². The smallest absolute Gasteiger partial charge is 0.292 e. The van der Waals surface area contributed by atoms with Gasteiger partial charge in [-0.2, -0.15) is 0 Å². The average molecular weight is 301 g/mol. The summed E-state index contributed by atoms with van der Waals surface area (Å²) in [5.41, 5.74) is 3.17. The third kappa shape index (κ3) is 4.00. The summed E-state index contributed by atoms with van der Waals surface area (Å²) in [6.07, 6.45) is 0. The van der Waals surface area contributed by atoms with Gasteiger partial charge < -0.3 is 10.6 Å². The minimum atomic E-state index is -0.427. The fraction of sp³-hybridized carbons (Fsp3) is 0.133. The SMILES string of the molecule is Cc1ccc(NC(=S)Nc2ccc(C)cc2[N+](=O)[O-])cc1. The lowest BCUT2D eigenvalue weighted by molar-refractivity contribution is -0.383. The molecule has 108 valence electrons. The topological polar surface area (TPSA) is 67.2 Å². The molecule has 2 aromatic carbocycles. The van der Waals surface area contributed by atoms with E-state index < -0.39 is 4.92 Å². The Morgan fingerprint density at radius 1 is 1.05 bits per heavy atom. The largest absolute Gasteiger partial charge is 0.332 e. The zero-order chi connectivity index (χ0) is 15.4. The van der Waals surface area contributed by atoms with Crippen LogP contribution in [0.5, 0.6) is 0 Å². The molecule has 0 atom stereocenters. The lowest BCUT2D eigenvalue weighted by Gasteiger charge is -2.11. The summed E-state index contributed by atoms with van der Waals surface area (Å²) in [7, 11) is 0. The molecule has 2 aromatic rings. The highest BCUT2D eigenvalue weighted by Gasteiger charge is 2.14. The molecule has 0 unspecified atom stereocenters. The molecule has 0 aliphatic rings. The fourth-order valence-electron chi connectivity index (χ4n) is 1.82. The predicted octanol–water partition coefficient (Wildman–Crippen LogP) is 4.02. The molecular formula is C15H15N3O2S. The Bertz CT molecular complexity index is 684.